The molecule has 3 nitrogen and oxygen atoms in total. The molecule has 2 aromatic rings. The van der Waals surface area contributed by atoms with Gasteiger partial charge in [-0.15, -0.1) is 11.3 Å². The van der Waals surface area contributed by atoms with Crippen LogP contribution in [-0.4, -0.2) is 23.4 Å². The van der Waals surface area contributed by atoms with Crippen LogP contribution in [0, 0.1) is 5.92 Å². The number of nitrogens with two attached hydrogens (primary N) is 1. The van der Waals surface area contributed by atoms with Gasteiger partial charge in [0, 0.05) is 22.7 Å². The number of thiophene rings is 1. The summed E-state index contributed by atoms with van der Waals surface area (Å²) in [4.78, 5) is 15.5. The summed E-state index contributed by atoms with van der Waals surface area (Å²) in [6.45, 7) is 5.12. The van der Waals surface area contributed by atoms with Crippen molar-refractivity contribution < 1.29 is 4.79 Å². The van der Waals surface area contributed by atoms with Gasteiger partial charge in [-0.2, -0.15) is 0 Å². The van der Waals surface area contributed by atoms with Crippen LogP contribution in [0.2, 0.25) is 0 Å². The number of hydrogen-bond acceptors (Lipinski definition) is 3. The fraction of sp³-hybridized carbons (Fsp3) is 0.438. The number of hydrogen-bond donors (Lipinski definition) is 1. The first-order valence-electron chi connectivity index (χ1n) is 7.16. The fourth-order valence-electron chi connectivity index (χ4n) is 2.53. The molecule has 20 heavy (non-hydrogen) atoms. The third-order valence-electron chi connectivity index (χ3n) is 3.64. The van der Waals surface area contributed by atoms with Gasteiger partial charge in [-0.05, 0) is 24.8 Å². The van der Waals surface area contributed by atoms with Gasteiger partial charge >= 0.3 is 0 Å². The molecular formula is C16H20N2OS. The minimum absolute atomic E-state index is 0.111. The molecular weight excluding hydrogens is 268 g/mol. The Bertz CT molecular complexity index is 643. The molecule has 1 aliphatic carbocycles. The molecule has 4 heteroatoms. The Balaban J connectivity index is 1.96. The average Bonchev–Trinajstić information content (AvgIpc) is 3.20. The Morgan fingerprint density at radius 2 is 2.10 bits per heavy atom. The summed E-state index contributed by atoms with van der Waals surface area (Å²) < 4.78 is 1.09. The van der Waals surface area contributed by atoms with E-state index < -0.39 is 0 Å². The summed E-state index contributed by atoms with van der Waals surface area (Å²) in [7, 11) is 0. The van der Waals surface area contributed by atoms with Crippen molar-refractivity contribution >= 4 is 33.0 Å². The molecule has 1 aromatic carbocycles. The monoisotopic (exact) mass is 288 g/mol. The molecule has 1 aliphatic rings. The molecule has 1 amide bonds. The molecule has 0 spiro atoms. The third-order valence-corrected chi connectivity index (χ3v) is 4.81. The lowest BCUT2D eigenvalue weighted by Gasteiger charge is -2.24. The summed E-state index contributed by atoms with van der Waals surface area (Å²) in [5, 5.41) is 1.00. The van der Waals surface area contributed by atoms with Crippen molar-refractivity contribution in [3.63, 3.8) is 0 Å². The normalized spacial score (nSPS) is 14.9. The number of nitrogen functional groups attached to an aromatic ring is 1. The van der Waals surface area contributed by atoms with Crippen molar-refractivity contribution in [1.29, 1.82) is 0 Å². The van der Waals surface area contributed by atoms with E-state index in [1.807, 2.05) is 29.2 Å². The quantitative estimate of drug-likeness (QED) is 0.931. The number of nitrogens with zero attached hydrogens (tertiary/aromatic N) is 1. The lowest BCUT2D eigenvalue weighted by atomic mass is 10.2. The van der Waals surface area contributed by atoms with Crippen LogP contribution >= 0.6 is 11.3 Å². The molecule has 0 saturated heterocycles. The minimum Gasteiger partial charge on any atom is -0.397 e. The van der Waals surface area contributed by atoms with Crippen LogP contribution in [0.5, 0.6) is 0 Å². The van der Waals surface area contributed by atoms with Gasteiger partial charge in [-0.3, -0.25) is 4.79 Å². The van der Waals surface area contributed by atoms with E-state index in [1.54, 1.807) is 0 Å². The number of fused-ring (bicyclic) bond motifs is 1. The molecule has 3 rings (SSSR count). The lowest BCUT2D eigenvalue weighted by Crippen LogP contribution is -2.36. The van der Waals surface area contributed by atoms with E-state index in [4.69, 9.17) is 5.73 Å². The van der Waals surface area contributed by atoms with E-state index in [-0.39, 0.29) is 5.91 Å². The Kier molecular flexibility index (Phi) is 3.42. The van der Waals surface area contributed by atoms with E-state index in [0.29, 0.717) is 22.5 Å². The summed E-state index contributed by atoms with van der Waals surface area (Å²) in [5.74, 6) is 0.593. The van der Waals surface area contributed by atoms with E-state index in [9.17, 15) is 4.79 Å². The molecule has 1 fully saturated rings. The topological polar surface area (TPSA) is 46.3 Å². The van der Waals surface area contributed by atoms with Crippen molar-refractivity contribution in [2.24, 2.45) is 5.92 Å². The van der Waals surface area contributed by atoms with Gasteiger partial charge in [0.05, 0.1) is 5.69 Å². The first kappa shape index (κ1) is 13.4. The lowest BCUT2D eigenvalue weighted by molar-refractivity contribution is 0.0728. The third kappa shape index (κ3) is 2.40. The summed E-state index contributed by atoms with van der Waals surface area (Å²) in [5.41, 5.74) is 6.84. The predicted molar refractivity (Wildman–Crippen MR) is 85.1 cm³/mol. The van der Waals surface area contributed by atoms with Gasteiger partial charge in [0.25, 0.3) is 5.91 Å². The van der Waals surface area contributed by atoms with Gasteiger partial charge in [0.2, 0.25) is 0 Å². The van der Waals surface area contributed by atoms with E-state index >= 15 is 0 Å². The number of carbonyl (C=O) groups is 1. The van der Waals surface area contributed by atoms with Gasteiger partial charge in [0.1, 0.15) is 4.88 Å². The van der Waals surface area contributed by atoms with E-state index in [2.05, 4.69) is 13.8 Å². The highest BCUT2D eigenvalue weighted by Gasteiger charge is 2.34. The summed E-state index contributed by atoms with van der Waals surface area (Å²) in [6.07, 6.45) is 2.26. The number of rotatable bonds is 4. The SMILES string of the molecule is CC(C)CN(C(=O)c1sc2ccccc2c1N)C1CC1. The highest BCUT2D eigenvalue weighted by Crippen LogP contribution is 2.37. The minimum atomic E-state index is 0.111. The zero-order chi connectivity index (χ0) is 14.3. The first-order valence-corrected chi connectivity index (χ1v) is 7.97. The maximum Gasteiger partial charge on any atom is 0.266 e. The van der Waals surface area contributed by atoms with Crippen LogP contribution < -0.4 is 5.73 Å². The van der Waals surface area contributed by atoms with E-state index in [0.717, 1.165) is 29.5 Å². The second-order valence-electron chi connectivity index (χ2n) is 5.92. The van der Waals surface area contributed by atoms with Crippen molar-refractivity contribution in [3.8, 4) is 0 Å². The smallest absolute Gasteiger partial charge is 0.266 e. The Morgan fingerprint density at radius 3 is 2.70 bits per heavy atom. The van der Waals surface area contributed by atoms with Gasteiger partial charge in [-0.1, -0.05) is 32.0 Å². The summed E-state index contributed by atoms with van der Waals surface area (Å²) >= 11 is 1.52. The fourth-order valence-corrected chi connectivity index (χ4v) is 3.61. The van der Waals surface area contributed by atoms with Crippen LogP contribution in [-0.2, 0) is 0 Å². The van der Waals surface area contributed by atoms with Crippen LogP contribution in [0.15, 0.2) is 24.3 Å². The predicted octanol–water partition coefficient (Wildman–Crippen LogP) is 3.74. The van der Waals surface area contributed by atoms with Gasteiger partial charge in [-0.25, -0.2) is 0 Å². The standard InChI is InChI=1S/C16H20N2OS/c1-10(2)9-18(11-7-8-11)16(19)15-14(17)12-5-3-4-6-13(12)20-15/h3-6,10-11H,7-9,17H2,1-2H3. The Labute approximate surface area is 123 Å². The molecule has 1 heterocycles. The number of amides is 1. The largest absolute Gasteiger partial charge is 0.397 e. The second kappa shape index (κ2) is 5.09. The summed E-state index contributed by atoms with van der Waals surface area (Å²) in [6, 6.07) is 8.39. The van der Waals surface area contributed by atoms with Crippen LogP contribution in [0.1, 0.15) is 36.4 Å². The molecule has 0 atom stereocenters. The zero-order valence-electron chi connectivity index (χ0n) is 11.9. The molecule has 0 aliphatic heterocycles. The number of anilines is 1. The van der Waals surface area contributed by atoms with Crippen molar-refractivity contribution in [2.45, 2.75) is 32.7 Å². The number of carbonyl (C=O) groups excluding carboxylic acids is 1. The zero-order valence-corrected chi connectivity index (χ0v) is 12.7. The van der Waals surface area contributed by atoms with Crippen LogP contribution in [0.4, 0.5) is 5.69 Å². The van der Waals surface area contributed by atoms with Crippen molar-refractivity contribution in [3.05, 3.63) is 29.1 Å². The maximum atomic E-state index is 12.8. The molecule has 0 unspecified atom stereocenters. The molecule has 0 bridgehead atoms. The first-order chi connectivity index (χ1) is 9.58. The van der Waals surface area contributed by atoms with E-state index in [1.165, 1.54) is 11.3 Å². The molecule has 2 N–H and O–H groups in total. The van der Waals surface area contributed by atoms with Gasteiger partial charge in [0.15, 0.2) is 0 Å². The molecule has 106 valence electrons. The van der Waals surface area contributed by atoms with Crippen LogP contribution in [0.25, 0.3) is 10.1 Å². The number of benzene rings is 1. The Morgan fingerprint density at radius 1 is 1.40 bits per heavy atom. The van der Waals surface area contributed by atoms with Crippen molar-refractivity contribution in [1.82, 2.24) is 4.90 Å². The van der Waals surface area contributed by atoms with Crippen molar-refractivity contribution in [2.75, 3.05) is 12.3 Å². The molecule has 1 saturated carbocycles. The molecule has 1 aromatic heterocycles. The van der Waals surface area contributed by atoms with Crippen LogP contribution in [0.3, 0.4) is 0 Å². The van der Waals surface area contributed by atoms with Gasteiger partial charge < -0.3 is 10.6 Å². The Hall–Kier alpha value is -1.55. The maximum absolute atomic E-state index is 12.8. The average molecular weight is 288 g/mol. The highest BCUT2D eigenvalue weighted by atomic mass is 32.1. The highest BCUT2D eigenvalue weighted by molar-refractivity contribution is 7.21. The molecule has 0 radical (unpaired) electrons. The second-order valence-corrected chi connectivity index (χ2v) is 6.98.